The van der Waals surface area contributed by atoms with Crippen molar-refractivity contribution in [3.63, 3.8) is 0 Å². The second-order valence-corrected chi connectivity index (χ2v) is 4.55. The maximum absolute atomic E-state index is 12.2. The van der Waals surface area contributed by atoms with Gasteiger partial charge in [-0.1, -0.05) is 37.0 Å². The lowest BCUT2D eigenvalue weighted by molar-refractivity contribution is 0.102. The van der Waals surface area contributed by atoms with Gasteiger partial charge in [0, 0.05) is 16.8 Å². The van der Waals surface area contributed by atoms with Crippen LogP contribution in [0.4, 0.5) is 5.69 Å². The smallest absolute Gasteiger partial charge is 0.255 e. The highest BCUT2D eigenvalue weighted by molar-refractivity contribution is 6.04. The number of rotatable bonds is 3. The molecule has 0 bridgehead atoms. The van der Waals surface area contributed by atoms with Crippen molar-refractivity contribution in [3.8, 4) is 11.8 Å². The largest absolute Gasteiger partial charge is 0.322 e. The number of para-hydroxylation sites is 1. The van der Waals surface area contributed by atoms with Gasteiger partial charge in [-0.05, 0) is 42.3 Å². The topological polar surface area (TPSA) is 55.1 Å². The zero-order valence-corrected chi connectivity index (χ0v) is 12.0. The zero-order chi connectivity index (χ0) is 15.1. The third-order valence-electron chi connectivity index (χ3n) is 3.13. The molecule has 0 spiro atoms. The first kappa shape index (κ1) is 14.8. The summed E-state index contributed by atoms with van der Waals surface area (Å²) in [4.78, 5) is 12.2. The molecule has 0 atom stereocenters. The summed E-state index contributed by atoms with van der Waals surface area (Å²) in [5, 5.41) is 2.95. The fourth-order valence-electron chi connectivity index (χ4n) is 2.00. The normalized spacial score (nSPS) is 9.62. The third kappa shape index (κ3) is 3.95. The first-order valence-corrected chi connectivity index (χ1v) is 6.93. The van der Waals surface area contributed by atoms with E-state index >= 15 is 0 Å². The van der Waals surface area contributed by atoms with Crippen LogP contribution in [0.15, 0.2) is 48.5 Å². The first-order valence-electron chi connectivity index (χ1n) is 6.93. The molecule has 0 aromatic heterocycles. The van der Waals surface area contributed by atoms with Crippen LogP contribution in [0.3, 0.4) is 0 Å². The number of amides is 1. The molecule has 3 nitrogen and oxygen atoms in total. The van der Waals surface area contributed by atoms with Gasteiger partial charge >= 0.3 is 0 Å². The Bertz CT molecular complexity index is 678. The molecule has 0 aliphatic carbocycles. The van der Waals surface area contributed by atoms with Crippen molar-refractivity contribution in [1.29, 1.82) is 0 Å². The minimum absolute atomic E-state index is 0.116. The van der Waals surface area contributed by atoms with E-state index in [2.05, 4.69) is 24.1 Å². The molecule has 2 aromatic carbocycles. The molecule has 0 aliphatic heterocycles. The SMILES string of the molecule is CCc1ccccc1NC(=O)c1ccc(C#CCN)cc1. The van der Waals surface area contributed by atoms with Crippen molar-refractivity contribution < 1.29 is 4.79 Å². The van der Waals surface area contributed by atoms with E-state index in [1.54, 1.807) is 12.1 Å². The van der Waals surface area contributed by atoms with Gasteiger partial charge in [0.1, 0.15) is 0 Å². The number of hydrogen-bond donors (Lipinski definition) is 2. The highest BCUT2D eigenvalue weighted by Gasteiger charge is 2.07. The molecule has 3 heteroatoms. The maximum Gasteiger partial charge on any atom is 0.255 e. The predicted molar refractivity (Wildman–Crippen MR) is 86.1 cm³/mol. The molecule has 2 aromatic rings. The van der Waals surface area contributed by atoms with Crippen molar-refractivity contribution in [1.82, 2.24) is 0 Å². The van der Waals surface area contributed by atoms with Crippen LogP contribution in [0.1, 0.15) is 28.4 Å². The van der Waals surface area contributed by atoms with Gasteiger partial charge in [-0.3, -0.25) is 4.79 Å². The van der Waals surface area contributed by atoms with Crippen molar-refractivity contribution in [2.75, 3.05) is 11.9 Å². The molecule has 1 amide bonds. The molecule has 3 N–H and O–H groups in total. The molecular formula is C18H18N2O. The van der Waals surface area contributed by atoms with Gasteiger partial charge in [-0.2, -0.15) is 0 Å². The first-order chi connectivity index (χ1) is 10.2. The molecular weight excluding hydrogens is 260 g/mol. The second-order valence-electron chi connectivity index (χ2n) is 4.55. The molecule has 0 saturated heterocycles. The van der Waals surface area contributed by atoms with E-state index in [-0.39, 0.29) is 5.91 Å². The lowest BCUT2D eigenvalue weighted by atomic mass is 10.1. The highest BCUT2D eigenvalue weighted by Crippen LogP contribution is 2.16. The molecule has 0 heterocycles. The number of hydrogen-bond acceptors (Lipinski definition) is 2. The molecule has 21 heavy (non-hydrogen) atoms. The second kappa shape index (κ2) is 7.28. The van der Waals surface area contributed by atoms with Crippen LogP contribution in [0.2, 0.25) is 0 Å². The van der Waals surface area contributed by atoms with Crippen LogP contribution in [-0.4, -0.2) is 12.5 Å². The average molecular weight is 278 g/mol. The van der Waals surface area contributed by atoms with Gasteiger partial charge in [-0.25, -0.2) is 0 Å². The van der Waals surface area contributed by atoms with Gasteiger partial charge in [0.2, 0.25) is 0 Å². The van der Waals surface area contributed by atoms with Crippen LogP contribution in [0.5, 0.6) is 0 Å². The highest BCUT2D eigenvalue weighted by atomic mass is 16.1. The van der Waals surface area contributed by atoms with Gasteiger partial charge < -0.3 is 11.1 Å². The van der Waals surface area contributed by atoms with Crippen molar-refractivity contribution >= 4 is 11.6 Å². The van der Waals surface area contributed by atoms with Crippen molar-refractivity contribution in [3.05, 3.63) is 65.2 Å². The number of aryl methyl sites for hydroxylation is 1. The summed E-state index contributed by atoms with van der Waals surface area (Å²) in [6, 6.07) is 15.0. The number of carbonyl (C=O) groups is 1. The number of anilines is 1. The average Bonchev–Trinajstić information content (AvgIpc) is 2.54. The third-order valence-corrected chi connectivity index (χ3v) is 3.13. The Hall–Kier alpha value is -2.57. The summed E-state index contributed by atoms with van der Waals surface area (Å²) in [5.74, 6) is 5.60. The number of benzene rings is 2. The lowest BCUT2D eigenvalue weighted by Gasteiger charge is -2.09. The summed E-state index contributed by atoms with van der Waals surface area (Å²) in [6.45, 7) is 2.39. The number of nitrogens with one attached hydrogen (secondary N) is 1. The maximum atomic E-state index is 12.2. The van der Waals surface area contributed by atoms with Crippen LogP contribution < -0.4 is 11.1 Å². The minimum Gasteiger partial charge on any atom is -0.322 e. The predicted octanol–water partition coefficient (Wildman–Crippen LogP) is 2.81. The molecule has 0 radical (unpaired) electrons. The molecule has 0 fully saturated rings. The van der Waals surface area contributed by atoms with Gasteiger partial charge in [0.15, 0.2) is 0 Å². The van der Waals surface area contributed by atoms with Gasteiger partial charge in [-0.15, -0.1) is 0 Å². The van der Waals surface area contributed by atoms with Crippen molar-refractivity contribution in [2.24, 2.45) is 5.73 Å². The van der Waals surface area contributed by atoms with Gasteiger partial charge in [0.05, 0.1) is 6.54 Å². The molecule has 0 unspecified atom stereocenters. The van der Waals surface area contributed by atoms with E-state index in [4.69, 9.17) is 5.73 Å². The summed E-state index contributed by atoms with van der Waals surface area (Å²) < 4.78 is 0. The Kier molecular flexibility index (Phi) is 5.14. The Labute approximate surface area is 125 Å². The minimum atomic E-state index is -0.116. The zero-order valence-electron chi connectivity index (χ0n) is 12.0. The monoisotopic (exact) mass is 278 g/mol. The fraction of sp³-hybridized carbons (Fsp3) is 0.167. The Morgan fingerprint density at radius 3 is 2.52 bits per heavy atom. The van der Waals surface area contributed by atoms with E-state index in [9.17, 15) is 4.79 Å². The van der Waals surface area contributed by atoms with Crippen LogP contribution in [0, 0.1) is 11.8 Å². The van der Waals surface area contributed by atoms with E-state index in [1.807, 2.05) is 36.4 Å². The van der Waals surface area contributed by atoms with Gasteiger partial charge in [0.25, 0.3) is 5.91 Å². The lowest BCUT2D eigenvalue weighted by Crippen LogP contribution is -2.13. The molecule has 0 aliphatic rings. The quantitative estimate of drug-likeness (QED) is 0.848. The molecule has 106 valence electrons. The van der Waals surface area contributed by atoms with E-state index in [0.29, 0.717) is 12.1 Å². The van der Waals surface area contributed by atoms with Crippen LogP contribution in [0.25, 0.3) is 0 Å². The van der Waals surface area contributed by atoms with E-state index in [1.165, 1.54) is 0 Å². The standard InChI is InChI=1S/C18H18N2O/c1-2-15-7-3-4-8-17(15)20-18(21)16-11-9-14(10-12-16)6-5-13-19/h3-4,7-12H,2,13,19H2,1H3,(H,20,21). The fourth-order valence-corrected chi connectivity index (χ4v) is 2.00. The van der Waals surface area contributed by atoms with E-state index in [0.717, 1.165) is 23.2 Å². The Morgan fingerprint density at radius 1 is 1.14 bits per heavy atom. The van der Waals surface area contributed by atoms with Crippen LogP contribution >= 0.6 is 0 Å². The summed E-state index contributed by atoms with van der Waals surface area (Å²) in [5.41, 5.74) is 8.77. The molecule has 2 rings (SSSR count). The van der Waals surface area contributed by atoms with E-state index < -0.39 is 0 Å². The Morgan fingerprint density at radius 2 is 1.86 bits per heavy atom. The molecule has 0 saturated carbocycles. The van der Waals surface area contributed by atoms with Crippen LogP contribution in [-0.2, 0) is 6.42 Å². The Balaban J connectivity index is 2.13. The summed E-state index contributed by atoms with van der Waals surface area (Å²) in [6.07, 6.45) is 0.879. The summed E-state index contributed by atoms with van der Waals surface area (Å²) >= 11 is 0. The van der Waals surface area contributed by atoms with Crippen molar-refractivity contribution in [2.45, 2.75) is 13.3 Å². The number of carbonyl (C=O) groups excluding carboxylic acids is 1. The summed E-state index contributed by atoms with van der Waals surface area (Å²) in [7, 11) is 0. The number of nitrogens with two attached hydrogens (primary N) is 1.